The van der Waals surface area contributed by atoms with Crippen molar-refractivity contribution in [3.63, 3.8) is 0 Å². The van der Waals surface area contributed by atoms with Crippen LogP contribution in [0.3, 0.4) is 0 Å². The molecule has 1 aromatic rings. The quantitative estimate of drug-likeness (QED) is 0.839. The molecule has 0 aliphatic carbocycles. The van der Waals surface area contributed by atoms with Crippen LogP contribution in [0.2, 0.25) is 0 Å². The van der Waals surface area contributed by atoms with Gasteiger partial charge in [0, 0.05) is 19.5 Å². The minimum Gasteiger partial charge on any atom is -0.355 e. The van der Waals surface area contributed by atoms with Crippen molar-refractivity contribution in [2.45, 2.75) is 53.1 Å². The van der Waals surface area contributed by atoms with E-state index in [1.807, 2.05) is 39.0 Å². The minimum atomic E-state index is -0.454. The highest BCUT2D eigenvalue weighted by Gasteiger charge is 2.25. The molecule has 0 saturated heterocycles. The minimum absolute atomic E-state index is 0.0257. The molecule has 0 aliphatic rings. The van der Waals surface area contributed by atoms with Gasteiger partial charge in [-0.2, -0.15) is 0 Å². The second kappa shape index (κ2) is 8.45. The fraction of sp³-hybridized carbons (Fsp3) is 0.529. The standard InChI is InChI=1S/C17H26N2O2/c1-5-8-16(20)19(14(4)17(21)18-6-2)12-15-10-7-9-13(3)11-15/h7,9-11,14H,5-6,8,12H2,1-4H3,(H,18,21)/t14-/m1/s1. The lowest BCUT2D eigenvalue weighted by Crippen LogP contribution is -2.47. The Kier molecular flexibility index (Phi) is 6.92. The SMILES string of the molecule is CCCC(=O)N(Cc1cccc(C)c1)[C@H](C)C(=O)NCC. The maximum Gasteiger partial charge on any atom is 0.242 e. The second-order valence-electron chi connectivity index (χ2n) is 5.33. The highest BCUT2D eigenvalue weighted by molar-refractivity contribution is 5.87. The van der Waals surface area contributed by atoms with E-state index in [2.05, 4.69) is 11.4 Å². The van der Waals surface area contributed by atoms with Gasteiger partial charge < -0.3 is 10.2 Å². The summed E-state index contributed by atoms with van der Waals surface area (Å²) in [7, 11) is 0. The number of likely N-dealkylation sites (N-methyl/N-ethyl adjacent to an activating group) is 1. The lowest BCUT2D eigenvalue weighted by atomic mass is 10.1. The normalized spacial score (nSPS) is 11.8. The smallest absolute Gasteiger partial charge is 0.242 e. The van der Waals surface area contributed by atoms with Crippen LogP contribution >= 0.6 is 0 Å². The number of nitrogens with one attached hydrogen (secondary N) is 1. The fourth-order valence-corrected chi connectivity index (χ4v) is 2.27. The maximum atomic E-state index is 12.3. The zero-order chi connectivity index (χ0) is 15.8. The maximum absolute atomic E-state index is 12.3. The number of amides is 2. The molecule has 2 amide bonds. The van der Waals surface area contributed by atoms with Gasteiger partial charge in [-0.15, -0.1) is 0 Å². The van der Waals surface area contributed by atoms with Crippen molar-refractivity contribution in [1.29, 1.82) is 0 Å². The average molecular weight is 290 g/mol. The Balaban J connectivity index is 2.91. The molecular weight excluding hydrogens is 264 g/mol. The summed E-state index contributed by atoms with van der Waals surface area (Å²) in [6.45, 7) is 8.70. The topological polar surface area (TPSA) is 49.4 Å². The molecule has 21 heavy (non-hydrogen) atoms. The van der Waals surface area contributed by atoms with Gasteiger partial charge in [0.15, 0.2) is 0 Å². The zero-order valence-corrected chi connectivity index (χ0v) is 13.5. The van der Waals surface area contributed by atoms with E-state index < -0.39 is 6.04 Å². The number of nitrogens with zero attached hydrogens (tertiary/aromatic N) is 1. The van der Waals surface area contributed by atoms with E-state index >= 15 is 0 Å². The summed E-state index contributed by atoms with van der Waals surface area (Å²) < 4.78 is 0. The highest BCUT2D eigenvalue weighted by Crippen LogP contribution is 2.13. The molecule has 0 radical (unpaired) electrons. The van der Waals surface area contributed by atoms with Crippen LogP contribution < -0.4 is 5.32 Å². The van der Waals surface area contributed by atoms with Crippen molar-refractivity contribution in [1.82, 2.24) is 10.2 Å². The van der Waals surface area contributed by atoms with Gasteiger partial charge in [-0.1, -0.05) is 36.8 Å². The molecule has 1 N–H and O–H groups in total. The van der Waals surface area contributed by atoms with E-state index in [0.29, 0.717) is 19.5 Å². The number of benzene rings is 1. The number of hydrogen-bond acceptors (Lipinski definition) is 2. The molecular formula is C17H26N2O2. The van der Waals surface area contributed by atoms with Gasteiger partial charge in [0.05, 0.1) is 0 Å². The van der Waals surface area contributed by atoms with Crippen LogP contribution in [0.4, 0.5) is 0 Å². The summed E-state index contributed by atoms with van der Waals surface area (Å²) in [5, 5.41) is 2.79. The Morgan fingerprint density at radius 3 is 2.57 bits per heavy atom. The van der Waals surface area contributed by atoms with Crippen LogP contribution in [0.25, 0.3) is 0 Å². The van der Waals surface area contributed by atoms with E-state index in [1.165, 1.54) is 0 Å². The van der Waals surface area contributed by atoms with E-state index in [0.717, 1.165) is 17.5 Å². The zero-order valence-electron chi connectivity index (χ0n) is 13.5. The Labute approximate surface area is 127 Å². The predicted octanol–water partition coefficient (Wildman–Crippen LogP) is 2.65. The lowest BCUT2D eigenvalue weighted by Gasteiger charge is -2.28. The monoisotopic (exact) mass is 290 g/mol. The molecule has 4 nitrogen and oxygen atoms in total. The average Bonchev–Trinajstić information content (AvgIpc) is 2.44. The molecule has 116 valence electrons. The second-order valence-corrected chi connectivity index (χ2v) is 5.33. The van der Waals surface area contributed by atoms with E-state index in [9.17, 15) is 9.59 Å². The van der Waals surface area contributed by atoms with Crippen LogP contribution in [0, 0.1) is 6.92 Å². The molecule has 0 heterocycles. The molecule has 1 aromatic carbocycles. The highest BCUT2D eigenvalue weighted by atomic mass is 16.2. The van der Waals surface area contributed by atoms with Crippen molar-refractivity contribution < 1.29 is 9.59 Å². The van der Waals surface area contributed by atoms with Crippen LogP contribution in [0.5, 0.6) is 0 Å². The first-order valence-corrected chi connectivity index (χ1v) is 7.62. The van der Waals surface area contributed by atoms with Gasteiger partial charge in [0.25, 0.3) is 0 Å². The molecule has 1 rings (SSSR count). The number of hydrogen-bond donors (Lipinski definition) is 1. The third kappa shape index (κ3) is 5.21. The summed E-state index contributed by atoms with van der Waals surface area (Å²) in [6.07, 6.45) is 1.25. The van der Waals surface area contributed by atoms with Gasteiger partial charge in [0.2, 0.25) is 11.8 Å². The Morgan fingerprint density at radius 2 is 2.00 bits per heavy atom. The lowest BCUT2D eigenvalue weighted by molar-refractivity contribution is -0.140. The van der Waals surface area contributed by atoms with Crippen molar-refractivity contribution in [3.8, 4) is 0 Å². The number of carbonyl (C=O) groups excluding carboxylic acids is 2. The third-order valence-corrected chi connectivity index (χ3v) is 3.42. The molecule has 0 fully saturated rings. The van der Waals surface area contributed by atoms with Crippen molar-refractivity contribution >= 4 is 11.8 Å². The van der Waals surface area contributed by atoms with Crippen molar-refractivity contribution in [3.05, 3.63) is 35.4 Å². The fourth-order valence-electron chi connectivity index (χ4n) is 2.27. The summed E-state index contributed by atoms with van der Waals surface area (Å²) in [6, 6.07) is 7.59. The van der Waals surface area contributed by atoms with Crippen LogP contribution in [-0.2, 0) is 16.1 Å². The number of carbonyl (C=O) groups is 2. The Bertz CT molecular complexity index is 485. The molecule has 0 aliphatic heterocycles. The first kappa shape index (κ1) is 17.2. The van der Waals surface area contributed by atoms with Crippen molar-refractivity contribution in [2.75, 3.05) is 6.54 Å². The molecule has 0 saturated carbocycles. The molecule has 1 atom stereocenters. The van der Waals surface area contributed by atoms with Crippen LogP contribution in [0.1, 0.15) is 44.7 Å². The van der Waals surface area contributed by atoms with Crippen LogP contribution in [0.15, 0.2) is 24.3 Å². The van der Waals surface area contributed by atoms with E-state index in [1.54, 1.807) is 11.8 Å². The molecule has 0 spiro atoms. The van der Waals surface area contributed by atoms with Gasteiger partial charge in [-0.05, 0) is 32.8 Å². The van der Waals surface area contributed by atoms with Gasteiger partial charge >= 0.3 is 0 Å². The summed E-state index contributed by atoms with van der Waals surface area (Å²) in [5.41, 5.74) is 2.21. The first-order valence-electron chi connectivity index (χ1n) is 7.62. The number of aryl methyl sites for hydroxylation is 1. The van der Waals surface area contributed by atoms with E-state index in [4.69, 9.17) is 0 Å². The summed E-state index contributed by atoms with van der Waals surface area (Å²) in [4.78, 5) is 26.0. The largest absolute Gasteiger partial charge is 0.355 e. The van der Waals surface area contributed by atoms with Crippen LogP contribution in [-0.4, -0.2) is 29.3 Å². The molecule has 4 heteroatoms. The Hall–Kier alpha value is -1.84. The number of rotatable bonds is 7. The predicted molar refractivity (Wildman–Crippen MR) is 84.8 cm³/mol. The van der Waals surface area contributed by atoms with Gasteiger partial charge in [0.1, 0.15) is 6.04 Å². The summed E-state index contributed by atoms with van der Waals surface area (Å²) in [5.74, 6) is -0.0765. The Morgan fingerprint density at radius 1 is 1.29 bits per heavy atom. The van der Waals surface area contributed by atoms with Gasteiger partial charge in [-0.3, -0.25) is 9.59 Å². The summed E-state index contributed by atoms with van der Waals surface area (Å²) >= 11 is 0. The van der Waals surface area contributed by atoms with Gasteiger partial charge in [-0.25, -0.2) is 0 Å². The van der Waals surface area contributed by atoms with E-state index in [-0.39, 0.29) is 11.8 Å². The third-order valence-electron chi connectivity index (χ3n) is 3.42. The molecule has 0 aromatic heterocycles. The van der Waals surface area contributed by atoms with Crippen molar-refractivity contribution in [2.24, 2.45) is 0 Å². The first-order chi connectivity index (χ1) is 9.99. The molecule has 0 bridgehead atoms. The molecule has 0 unspecified atom stereocenters.